The van der Waals surface area contributed by atoms with Crippen LogP contribution in [0.2, 0.25) is 0 Å². The van der Waals surface area contributed by atoms with Crippen LogP contribution in [0.15, 0.2) is 76.6 Å². The van der Waals surface area contributed by atoms with Crippen molar-refractivity contribution in [1.82, 2.24) is 4.90 Å². The molecule has 1 N–H and O–H groups in total. The van der Waals surface area contributed by atoms with E-state index in [1.807, 2.05) is 30.3 Å². The smallest absolute Gasteiger partial charge is 0.294 e. The molecule has 9 nitrogen and oxygen atoms in total. The van der Waals surface area contributed by atoms with Crippen molar-refractivity contribution in [2.45, 2.75) is 13.0 Å². The number of imide groups is 1. The van der Waals surface area contributed by atoms with Crippen molar-refractivity contribution in [3.63, 3.8) is 0 Å². The molecule has 0 aliphatic carbocycles. The first-order chi connectivity index (χ1) is 20.3. The number of rotatable bonds is 10. The topological polar surface area (TPSA) is 103 Å². The van der Waals surface area contributed by atoms with Gasteiger partial charge in [0.1, 0.15) is 26.4 Å². The van der Waals surface area contributed by atoms with E-state index in [2.05, 4.69) is 27.8 Å². The van der Waals surface area contributed by atoms with Gasteiger partial charge in [0.15, 0.2) is 23.0 Å². The van der Waals surface area contributed by atoms with Crippen molar-refractivity contribution in [3.8, 4) is 23.0 Å². The highest BCUT2D eigenvalue weighted by atomic mass is 79.9. The van der Waals surface area contributed by atoms with Gasteiger partial charge in [-0.3, -0.25) is 19.3 Å². The molecular formula is C31H27BrN2O7S. The lowest BCUT2D eigenvalue weighted by molar-refractivity contribution is -0.127. The molecule has 0 bridgehead atoms. The number of halogens is 1. The largest absolute Gasteiger partial charge is 0.493 e. The SMILES string of the molecule is C=CCc1cc(/C=C2\SC(=O)N(CC(=O)Nc3ccc4c(c3)OCCO4)C2=O)cc(OC)c1OCc1ccc(Br)cc1. The normalized spacial score (nSPS) is 15.1. The van der Waals surface area contributed by atoms with Crippen LogP contribution in [0.4, 0.5) is 10.5 Å². The fraction of sp³-hybridized carbons (Fsp3) is 0.194. The Balaban J connectivity index is 1.30. The quantitative estimate of drug-likeness (QED) is 0.204. The minimum absolute atomic E-state index is 0.197. The van der Waals surface area contributed by atoms with Gasteiger partial charge in [0.25, 0.3) is 11.1 Å². The van der Waals surface area contributed by atoms with Crippen molar-refractivity contribution in [1.29, 1.82) is 0 Å². The van der Waals surface area contributed by atoms with Crippen LogP contribution in [-0.2, 0) is 22.6 Å². The number of hydrogen-bond donors (Lipinski definition) is 1. The Labute approximate surface area is 255 Å². The lowest BCUT2D eigenvalue weighted by Gasteiger charge is -2.19. The Morgan fingerprint density at radius 2 is 1.86 bits per heavy atom. The van der Waals surface area contributed by atoms with E-state index in [1.54, 1.807) is 36.4 Å². The molecule has 2 heterocycles. The maximum Gasteiger partial charge on any atom is 0.294 e. The van der Waals surface area contributed by atoms with Crippen LogP contribution in [0.1, 0.15) is 16.7 Å². The van der Waals surface area contributed by atoms with Crippen LogP contribution in [-0.4, -0.2) is 48.8 Å². The summed E-state index contributed by atoms with van der Waals surface area (Å²) in [5.41, 5.74) is 2.91. The maximum atomic E-state index is 13.1. The molecule has 11 heteroatoms. The van der Waals surface area contributed by atoms with E-state index < -0.39 is 23.6 Å². The van der Waals surface area contributed by atoms with Crippen LogP contribution >= 0.6 is 27.7 Å². The zero-order valence-corrected chi connectivity index (χ0v) is 25.1. The zero-order valence-electron chi connectivity index (χ0n) is 22.7. The number of fused-ring (bicyclic) bond motifs is 1. The van der Waals surface area contributed by atoms with Crippen molar-refractivity contribution < 1.29 is 33.3 Å². The second kappa shape index (κ2) is 13.2. The first-order valence-corrected chi connectivity index (χ1v) is 14.6. The molecule has 3 aromatic carbocycles. The predicted molar refractivity (Wildman–Crippen MR) is 164 cm³/mol. The summed E-state index contributed by atoms with van der Waals surface area (Å²) in [6, 6.07) is 16.4. The van der Waals surface area contributed by atoms with Crippen molar-refractivity contribution in [2.75, 3.05) is 32.2 Å². The molecule has 216 valence electrons. The monoisotopic (exact) mass is 650 g/mol. The number of anilines is 1. The number of hydrogen-bond acceptors (Lipinski definition) is 8. The molecule has 3 aromatic rings. The van der Waals surface area contributed by atoms with Crippen LogP contribution in [0.5, 0.6) is 23.0 Å². The highest BCUT2D eigenvalue weighted by Crippen LogP contribution is 2.38. The third kappa shape index (κ3) is 6.80. The third-order valence-corrected chi connectivity index (χ3v) is 7.77. The maximum absolute atomic E-state index is 13.1. The van der Waals surface area contributed by atoms with E-state index in [0.717, 1.165) is 32.3 Å². The Morgan fingerprint density at radius 3 is 2.60 bits per heavy atom. The Hall–Kier alpha value is -4.22. The van der Waals surface area contributed by atoms with E-state index in [9.17, 15) is 14.4 Å². The number of carbonyl (C=O) groups is 3. The van der Waals surface area contributed by atoms with Crippen molar-refractivity contribution in [2.24, 2.45) is 0 Å². The molecule has 42 heavy (non-hydrogen) atoms. The number of amides is 3. The van der Waals surface area contributed by atoms with E-state index in [4.69, 9.17) is 18.9 Å². The third-order valence-electron chi connectivity index (χ3n) is 6.33. The Kier molecular flexibility index (Phi) is 9.19. The number of ether oxygens (including phenoxy) is 4. The standard InChI is InChI=1S/C31H27BrN2O7S/c1-3-4-21-13-20(14-26(38-2)29(21)41-18-19-5-7-22(32)8-6-19)15-27-30(36)34(31(37)42-27)17-28(35)33-23-9-10-24-25(16-23)40-12-11-39-24/h3,5-10,13-16H,1,4,11-12,17-18H2,2H3,(H,33,35)/b27-15-. The number of nitrogens with zero attached hydrogens (tertiary/aromatic N) is 1. The van der Waals surface area contributed by atoms with Gasteiger partial charge in [-0.25, -0.2) is 0 Å². The van der Waals surface area contributed by atoms with Crippen LogP contribution < -0.4 is 24.3 Å². The number of methoxy groups -OCH3 is 1. The van der Waals surface area contributed by atoms with Gasteiger partial charge in [-0.1, -0.05) is 34.1 Å². The van der Waals surface area contributed by atoms with E-state index in [-0.39, 0.29) is 4.91 Å². The number of carbonyl (C=O) groups excluding carboxylic acids is 3. The summed E-state index contributed by atoms with van der Waals surface area (Å²) in [5.74, 6) is 1.09. The molecule has 5 rings (SSSR count). The molecule has 3 amide bonds. The average Bonchev–Trinajstić information content (AvgIpc) is 3.24. The summed E-state index contributed by atoms with van der Waals surface area (Å²) in [6.45, 7) is 4.62. The zero-order chi connectivity index (χ0) is 29.6. The average molecular weight is 652 g/mol. The van der Waals surface area contributed by atoms with E-state index >= 15 is 0 Å². The van der Waals surface area contributed by atoms with Gasteiger partial charge < -0.3 is 24.3 Å². The minimum Gasteiger partial charge on any atom is -0.493 e. The Morgan fingerprint density at radius 1 is 1.10 bits per heavy atom. The summed E-state index contributed by atoms with van der Waals surface area (Å²) < 4.78 is 23.8. The molecule has 2 aliphatic rings. The molecule has 0 atom stereocenters. The van der Waals surface area contributed by atoms with E-state index in [1.165, 1.54) is 7.11 Å². The predicted octanol–water partition coefficient (Wildman–Crippen LogP) is 6.21. The number of thioether (sulfide) groups is 1. The second-order valence-corrected chi connectivity index (χ2v) is 11.2. The summed E-state index contributed by atoms with van der Waals surface area (Å²) in [6.07, 6.45) is 3.85. The number of nitrogens with one attached hydrogen (secondary N) is 1. The number of benzene rings is 3. The fourth-order valence-corrected chi connectivity index (χ4v) is 5.48. The van der Waals surface area contributed by atoms with Gasteiger partial charge in [-0.2, -0.15) is 0 Å². The molecule has 2 aliphatic heterocycles. The first-order valence-electron chi connectivity index (χ1n) is 13.0. The van der Waals surface area contributed by atoms with Gasteiger partial charge >= 0.3 is 0 Å². The molecule has 1 fully saturated rings. The van der Waals surface area contributed by atoms with Crippen molar-refractivity contribution >= 4 is 56.5 Å². The summed E-state index contributed by atoms with van der Waals surface area (Å²) in [4.78, 5) is 39.7. The van der Waals surface area contributed by atoms with Gasteiger partial charge in [0.2, 0.25) is 5.91 Å². The van der Waals surface area contributed by atoms with Crippen LogP contribution in [0.3, 0.4) is 0 Å². The van der Waals surface area contributed by atoms with Crippen molar-refractivity contribution in [3.05, 3.63) is 93.3 Å². The highest BCUT2D eigenvalue weighted by molar-refractivity contribution is 9.10. The van der Waals surface area contributed by atoms with E-state index in [0.29, 0.717) is 60.5 Å². The summed E-state index contributed by atoms with van der Waals surface area (Å²) in [5, 5.41) is 2.17. The van der Waals surface area contributed by atoms with Crippen LogP contribution in [0.25, 0.3) is 6.08 Å². The van der Waals surface area contributed by atoms with Gasteiger partial charge in [-0.05, 0) is 71.8 Å². The van der Waals surface area contributed by atoms with Gasteiger partial charge in [0, 0.05) is 21.8 Å². The molecule has 0 saturated carbocycles. The van der Waals surface area contributed by atoms with Gasteiger partial charge in [-0.15, -0.1) is 6.58 Å². The fourth-order valence-electron chi connectivity index (χ4n) is 4.38. The second-order valence-electron chi connectivity index (χ2n) is 9.29. The molecule has 0 radical (unpaired) electrons. The first kappa shape index (κ1) is 29.3. The molecule has 0 unspecified atom stereocenters. The minimum atomic E-state index is -0.554. The summed E-state index contributed by atoms with van der Waals surface area (Å²) in [7, 11) is 1.54. The lowest BCUT2D eigenvalue weighted by Crippen LogP contribution is -2.36. The molecule has 0 spiro atoms. The molecule has 0 aromatic heterocycles. The molecule has 1 saturated heterocycles. The summed E-state index contributed by atoms with van der Waals surface area (Å²) >= 11 is 4.21. The number of allylic oxidation sites excluding steroid dienone is 1. The van der Waals surface area contributed by atoms with Gasteiger partial charge in [0.05, 0.1) is 12.0 Å². The Bertz CT molecular complexity index is 1570. The lowest BCUT2D eigenvalue weighted by atomic mass is 10.0. The highest BCUT2D eigenvalue weighted by Gasteiger charge is 2.36. The van der Waals surface area contributed by atoms with Crippen LogP contribution in [0, 0.1) is 0 Å². The molecular weight excluding hydrogens is 624 g/mol.